The van der Waals surface area contributed by atoms with Gasteiger partial charge in [-0.15, -0.1) is 0 Å². The van der Waals surface area contributed by atoms with Crippen LogP contribution in [0.1, 0.15) is 252 Å². The normalized spacial score (nSPS) is 12.7. The van der Waals surface area contributed by atoms with E-state index in [4.69, 9.17) is 23.7 Å². The third-order valence-electron chi connectivity index (χ3n) is 11.6. The molecule has 0 amide bonds. The number of ether oxygens (including phenoxy) is 5. The molecule has 0 aliphatic carbocycles. The van der Waals surface area contributed by atoms with Gasteiger partial charge in [0.2, 0.25) is 0 Å². The van der Waals surface area contributed by atoms with Crippen LogP contribution in [0.4, 0.5) is 0 Å². The molecule has 3 unspecified atom stereocenters. The Hall–Kier alpha value is -2.69. The lowest BCUT2D eigenvalue weighted by molar-refractivity contribution is -0.169. The maximum atomic E-state index is 13.0. The molecular formula is C52H97NO10. The SMILES string of the molecule is CCCCCCCCC(CCCCCC)OC(=O)CCCCCOC(=O)CCC(OC(=O)CCN(C)C)C(=O)OCCCCCC(=O)OC(CCCCCC)CCCCCCCC. The molecular weight excluding hydrogens is 799 g/mol. The highest BCUT2D eigenvalue weighted by Gasteiger charge is 2.26. The molecule has 11 nitrogen and oxygen atoms in total. The summed E-state index contributed by atoms with van der Waals surface area (Å²) in [6.07, 6.45) is 30.9. The van der Waals surface area contributed by atoms with Crippen LogP contribution in [0, 0.1) is 0 Å². The van der Waals surface area contributed by atoms with Crippen molar-refractivity contribution < 1.29 is 47.7 Å². The van der Waals surface area contributed by atoms with E-state index in [1.807, 2.05) is 19.0 Å². The first-order valence-electron chi connectivity index (χ1n) is 26.1. The van der Waals surface area contributed by atoms with Crippen molar-refractivity contribution in [2.45, 2.75) is 271 Å². The quantitative estimate of drug-likeness (QED) is 0.0328. The van der Waals surface area contributed by atoms with Crippen molar-refractivity contribution in [2.75, 3.05) is 33.9 Å². The Bertz CT molecular complexity index is 1110. The molecule has 0 N–H and O–H groups in total. The Labute approximate surface area is 385 Å². The third kappa shape index (κ3) is 40.6. The number of esters is 5. The van der Waals surface area contributed by atoms with Gasteiger partial charge in [-0.1, -0.05) is 130 Å². The fourth-order valence-corrected chi connectivity index (χ4v) is 7.54. The summed E-state index contributed by atoms with van der Waals surface area (Å²) in [5.74, 6) is -2.03. The van der Waals surface area contributed by atoms with Crippen molar-refractivity contribution >= 4 is 29.8 Å². The molecule has 0 fully saturated rings. The van der Waals surface area contributed by atoms with E-state index < -0.39 is 24.0 Å². The highest BCUT2D eigenvalue weighted by Crippen LogP contribution is 2.20. The standard InChI is InChI=1S/C52H97NO10/c1-7-11-15-19-21-27-35-45(33-25-17-13-9-3)61-49(55)37-29-23-31-43-59-48(54)40-39-47(63-51(57)41-42-53(5)6)52(58)60-44-32-24-30-38-50(56)62-46(34-26-18-14-10-4)36-28-22-20-16-12-8-2/h45-47H,7-44H2,1-6H3. The van der Waals surface area contributed by atoms with Gasteiger partial charge in [-0.2, -0.15) is 0 Å². The fraction of sp³-hybridized carbons (Fsp3) is 0.904. The van der Waals surface area contributed by atoms with E-state index in [9.17, 15) is 24.0 Å². The highest BCUT2D eigenvalue weighted by atomic mass is 16.6. The van der Waals surface area contributed by atoms with E-state index in [1.54, 1.807) is 0 Å². The molecule has 0 aromatic heterocycles. The monoisotopic (exact) mass is 896 g/mol. The van der Waals surface area contributed by atoms with Crippen LogP contribution in [-0.4, -0.2) is 86.9 Å². The number of carbonyl (C=O) groups is 5. The van der Waals surface area contributed by atoms with Crippen molar-refractivity contribution in [2.24, 2.45) is 0 Å². The highest BCUT2D eigenvalue weighted by molar-refractivity contribution is 5.80. The molecule has 63 heavy (non-hydrogen) atoms. The molecule has 0 heterocycles. The van der Waals surface area contributed by atoms with Gasteiger partial charge in [-0.25, -0.2) is 4.79 Å². The average Bonchev–Trinajstić information content (AvgIpc) is 3.26. The van der Waals surface area contributed by atoms with Gasteiger partial charge >= 0.3 is 29.8 Å². The maximum absolute atomic E-state index is 13.0. The molecule has 0 bridgehead atoms. The Kier molecular flexibility index (Phi) is 42.6. The summed E-state index contributed by atoms with van der Waals surface area (Å²) in [6, 6.07) is 0. The van der Waals surface area contributed by atoms with Gasteiger partial charge < -0.3 is 28.6 Å². The van der Waals surface area contributed by atoms with E-state index in [-0.39, 0.29) is 56.6 Å². The summed E-state index contributed by atoms with van der Waals surface area (Å²) >= 11 is 0. The van der Waals surface area contributed by atoms with Crippen LogP contribution in [0.25, 0.3) is 0 Å². The van der Waals surface area contributed by atoms with Crippen LogP contribution in [0.5, 0.6) is 0 Å². The molecule has 0 aliphatic heterocycles. The molecule has 0 rings (SSSR count). The van der Waals surface area contributed by atoms with E-state index in [0.717, 1.165) is 57.8 Å². The largest absolute Gasteiger partial charge is 0.466 e. The first-order chi connectivity index (χ1) is 30.6. The zero-order valence-electron chi connectivity index (χ0n) is 41.6. The second-order valence-corrected chi connectivity index (χ2v) is 18.1. The maximum Gasteiger partial charge on any atom is 0.347 e. The molecule has 370 valence electrons. The molecule has 11 heteroatoms. The van der Waals surface area contributed by atoms with Gasteiger partial charge in [0.15, 0.2) is 6.10 Å². The van der Waals surface area contributed by atoms with Crippen LogP contribution < -0.4 is 0 Å². The summed E-state index contributed by atoms with van der Waals surface area (Å²) in [4.78, 5) is 65.5. The lowest BCUT2D eigenvalue weighted by atomic mass is 10.0. The van der Waals surface area contributed by atoms with Crippen LogP contribution in [-0.2, 0) is 47.7 Å². The summed E-state index contributed by atoms with van der Waals surface area (Å²) in [7, 11) is 3.68. The number of nitrogens with zero attached hydrogens (tertiary/aromatic N) is 1. The molecule has 0 saturated carbocycles. The molecule has 3 atom stereocenters. The van der Waals surface area contributed by atoms with Crippen molar-refractivity contribution in [3.05, 3.63) is 0 Å². The van der Waals surface area contributed by atoms with Gasteiger partial charge in [0.1, 0.15) is 12.2 Å². The summed E-state index contributed by atoms with van der Waals surface area (Å²) < 4.78 is 28.2. The van der Waals surface area contributed by atoms with Crippen LogP contribution >= 0.6 is 0 Å². The van der Waals surface area contributed by atoms with E-state index in [2.05, 4.69) is 27.7 Å². The molecule has 0 radical (unpaired) electrons. The van der Waals surface area contributed by atoms with Crippen molar-refractivity contribution in [1.82, 2.24) is 4.90 Å². The van der Waals surface area contributed by atoms with Gasteiger partial charge in [0.05, 0.1) is 19.6 Å². The smallest absolute Gasteiger partial charge is 0.347 e. The lowest BCUT2D eigenvalue weighted by Crippen LogP contribution is -2.31. The van der Waals surface area contributed by atoms with Crippen LogP contribution in [0.3, 0.4) is 0 Å². The average molecular weight is 896 g/mol. The van der Waals surface area contributed by atoms with E-state index in [0.29, 0.717) is 51.5 Å². The fourth-order valence-electron chi connectivity index (χ4n) is 7.54. The summed E-state index contributed by atoms with van der Waals surface area (Å²) in [5, 5.41) is 0. The Morgan fingerprint density at radius 3 is 1.16 bits per heavy atom. The number of rotatable bonds is 46. The molecule has 0 aromatic rings. The molecule has 0 saturated heterocycles. The van der Waals surface area contributed by atoms with Crippen molar-refractivity contribution in [3.63, 3.8) is 0 Å². The lowest BCUT2D eigenvalue weighted by Gasteiger charge is -2.18. The summed E-state index contributed by atoms with van der Waals surface area (Å²) in [5.41, 5.74) is 0. The predicted molar refractivity (Wildman–Crippen MR) is 254 cm³/mol. The number of carbonyl (C=O) groups excluding carboxylic acids is 5. The van der Waals surface area contributed by atoms with E-state index >= 15 is 0 Å². The first kappa shape index (κ1) is 60.3. The predicted octanol–water partition coefficient (Wildman–Crippen LogP) is 13.1. The molecule has 0 spiro atoms. The second-order valence-electron chi connectivity index (χ2n) is 18.1. The van der Waals surface area contributed by atoms with Crippen LogP contribution in [0.15, 0.2) is 0 Å². The topological polar surface area (TPSA) is 135 Å². The Balaban J connectivity index is 4.68. The number of hydrogen-bond acceptors (Lipinski definition) is 11. The Morgan fingerprint density at radius 1 is 0.365 bits per heavy atom. The van der Waals surface area contributed by atoms with Gasteiger partial charge in [0, 0.05) is 32.2 Å². The zero-order valence-corrected chi connectivity index (χ0v) is 41.6. The molecule has 0 aliphatic rings. The van der Waals surface area contributed by atoms with Crippen molar-refractivity contribution in [1.29, 1.82) is 0 Å². The van der Waals surface area contributed by atoms with E-state index in [1.165, 1.54) is 103 Å². The minimum absolute atomic E-state index is 0.000426. The third-order valence-corrected chi connectivity index (χ3v) is 11.6. The van der Waals surface area contributed by atoms with Crippen LogP contribution in [0.2, 0.25) is 0 Å². The first-order valence-corrected chi connectivity index (χ1v) is 26.1. The number of unbranched alkanes of at least 4 members (excludes halogenated alkanes) is 20. The minimum atomic E-state index is -1.22. The Morgan fingerprint density at radius 2 is 0.730 bits per heavy atom. The van der Waals surface area contributed by atoms with Gasteiger partial charge in [0.25, 0.3) is 0 Å². The zero-order chi connectivity index (χ0) is 46.6. The molecule has 0 aromatic carbocycles. The summed E-state index contributed by atoms with van der Waals surface area (Å²) in [6.45, 7) is 9.63. The minimum Gasteiger partial charge on any atom is -0.466 e. The number of hydrogen-bond donors (Lipinski definition) is 0. The van der Waals surface area contributed by atoms with Crippen molar-refractivity contribution in [3.8, 4) is 0 Å². The van der Waals surface area contributed by atoms with Gasteiger partial charge in [-0.05, 0) is 104 Å². The van der Waals surface area contributed by atoms with Gasteiger partial charge in [-0.3, -0.25) is 19.2 Å². The second kappa shape index (κ2) is 44.5.